The average Bonchev–Trinajstić information content (AvgIpc) is 2.56. The average molecular weight is 289 g/mol. The van der Waals surface area contributed by atoms with Gasteiger partial charge in [-0.1, -0.05) is 5.98 Å². The van der Waals surface area contributed by atoms with Crippen molar-refractivity contribution in [3.63, 3.8) is 0 Å². The molecule has 5 heteroatoms. The molecule has 4 nitrogen and oxygen atoms in total. The lowest BCUT2D eigenvalue weighted by atomic mass is 9.89. The first-order valence-electron chi connectivity index (χ1n) is 7.36. The third-order valence-corrected chi connectivity index (χ3v) is 3.83. The van der Waals surface area contributed by atoms with Crippen LogP contribution in [-0.4, -0.2) is 29.4 Å². The highest BCUT2D eigenvalue weighted by Crippen LogP contribution is 2.36. The molecule has 1 aliphatic rings. The van der Waals surface area contributed by atoms with E-state index in [9.17, 15) is 0 Å². The summed E-state index contributed by atoms with van der Waals surface area (Å²) in [7, 11) is -0.344. The summed E-state index contributed by atoms with van der Waals surface area (Å²) < 4.78 is 17.4. The number of ether oxygens (including phenoxy) is 1. The molecule has 2 heterocycles. The van der Waals surface area contributed by atoms with Gasteiger partial charge in [-0.2, -0.15) is 0 Å². The third-order valence-electron chi connectivity index (χ3n) is 3.83. The van der Waals surface area contributed by atoms with Crippen LogP contribution in [0.1, 0.15) is 47.2 Å². The van der Waals surface area contributed by atoms with Crippen molar-refractivity contribution in [1.29, 1.82) is 0 Å². The zero-order valence-corrected chi connectivity index (χ0v) is 13.7. The Kier molecular flexibility index (Phi) is 4.44. The summed E-state index contributed by atoms with van der Waals surface area (Å²) in [4.78, 5) is 4.34. The van der Waals surface area contributed by atoms with Gasteiger partial charge in [0.2, 0.25) is 0 Å². The van der Waals surface area contributed by atoms with Gasteiger partial charge < -0.3 is 14.0 Å². The van der Waals surface area contributed by atoms with Gasteiger partial charge in [0.25, 0.3) is 0 Å². The first kappa shape index (κ1) is 16.1. The number of pyridine rings is 1. The molecule has 2 rings (SSSR count). The standard InChI is InChI=1S/C16H24BNO3/c1-12(2)19-14-8-7-13(18-11-14)9-10-17-20-15(3,4)16(5,6)21-17/h7-12H,1-6H3/b10-9+. The van der Waals surface area contributed by atoms with Gasteiger partial charge in [0.1, 0.15) is 5.75 Å². The Labute approximate surface area is 127 Å². The van der Waals surface area contributed by atoms with Crippen LogP contribution in [-0.2, 0) is 9.31 Å². The van der Waals surface area contributed by atoms with E-state index >= 15 is 0 Å². The minimum atomic E-state index is -0.344. The van der Waals surface area contributed by atoms with Gasteiger partial charge in [-0.15, -0.1) is 0 Å². The van der Waals surface area contributed by atoms with Crippen molar-refractivity contribution in [2.45, 2.75) is 58.8 Å². The Morgan fingerprint density at radius 3 is 2.24 bits per heavy atom. The van der Waals surface area contributed by atoms with Crippen molar-refractivity contribution in [3.8, 4) is 5.75 Å². The van der Waals surface area contributed by atoms with Gasteiger partial charge in [0.15, 0.2) is 0 Å². The van der Waals surface area contributed by atoms with E-state index in [0.29, 0.717) is 0 Å². The molecule has 114 valence electrons. The van der Waals surface area contributed by atoms with Gasteiger partial charge in [-0.3, -0.25) is 4.98 Å². The topological polar surface area (TPSA) is 40.6 Å². The van der Waals surface area contributed by atoms with E-state index in [4.69, 9.17) is 14.0 Å². The molecule has 0 unspecified atom stereocenters. The lowest BCUT2D eigenvalue weighted by molar-refractivity contribution is 0.00578. The van der Waals surface area contributed by atoms with Gasteiger partial charge in [0, 0.05) is 0 Å². The van der Waals surface area contributed by atoms with Crippen LogP contribution < -0.4 is 4.74 Å². The molecule has 0 amide bonds. The zero-order chi connectivity index (χ0) is 15.7. The summed E-state index contributed by atoms with van der Waals surface area (Å²) in [6.07, 6.45) is 3.78. The maximum absolute atomic E-state index is 5.90. The van der Waals surface area contributed by atoms with E-state index in [-0.39, 0.29) is 24.4 Å². The van der Waals surface area contributed by atoms with Gasteiger partial charge in [0.05, 0.1) is 29.2 Å². The second-order valence-electron chi connectivity index (χ2n) is 6.57. The number of nitrogens with zero attached hydrogens (tertiary/aromatic N) is 1. The molecular formula is C16H24BNO3. The van der Waals surface area contributed by atoms with Crippen LogP contribution in [0, 0.1) is 0 Å². The highest BCUT2D eigenvalue weighted by molar-refractivity contribution is 6.52. The molecule has 1 aromatic rings. The van der Waals surface area contributed by atoms with E-state index in [1.165, 1.54) is 0 Å². The molecule has 1 fully saturated rings. The van der Waals surface area contributed by atoms with Crippen LogP contribution in [0.25, 0.3) is 6.08 Å². The van der Waals surface area contributed by atoms with Crippen LogP contribution in [0.15, 0.2) is 24.3 Å². The van der Waals surface area contributed by atoms with Crippen molar-refractivity contribution in [1.82, 2.24) is 4.98 Å². The molecule has 0 spiro atoms. The van der Waals surface area contributed by atoms with Crippen molar-refractivity contribution in [3.05, 3.63) is 30.0 Å². The molecule has 0 aliphatic carbocycles. The highest BCUT2D eigenvalue weighted by Gasteiger charge is 2.49. The Morgan fingerprint density at radius 1 is 1.14 bits per heavy atom. The lowest BCUT2D eigenvalue weighted by Gasteiger charge is -2.32. The lowest BCUT2D eigenvalue weighted by Crippen LogP contribution is -2.41. The van der Waals surface area contributed by atoms with E-state index in [1.807, 2.05) is 65.7 Å². The number of aromatic nitrogens is 1. The highest BCUT2D eigenvalue weighted by atomic mass is 16.7. The quantitative estimate of drug-likeness (QED) is 0.795. The molecule has 0 N–H and O–H groups in total. The normalized spacial score (nSPS) is 20.4. The predicted molar refractivity (Wildman–Crippen MR) is 85.1 cm³/mol. The van der Waals surface area contributed by atoms with Crippen molar-refractivity contribution >= 4 is 13.2 Å². The minimum Gasteiger partial charge on any atom is -0.489 e. The third kappa shape index (κ3) is 3.86. The van der Waals surface area contributed by atoms with Crippen LogP contribution in [0.4, 0.5) is 0 Å². The Hall–Kier alpha value is -1.33. The van der Waals surface area contributed by atoms with Crippen LogP contribution in [0.5, 0.6) is 5.75 Å². The molecule has 0 bridgehead atoms. The molecular weight excluding hydrogens is 265 g/mol. The first-order chi connectivity index (χ1) is 9.69. The molecule has 1 aliphatic heterocycles. The second kappa shape index (κ2) is 5.81. The zero-order valence-electron chi connectivity index (χ0n) is 13.7. The fraction of sp³-hybridized carbons (Fsp3) is 0.562. The van der Waals surface area contributed by atoms with E-state index < -0.39 is 0 Å². The first-order valence-corrected chi connectivity index (χ1v) is 7.36. The summed E-state index contributed by atoms with van der Waals surface area (Å²) in [5.74, 6) is 2.67. The summed E-state index contributed by atoms with van der Waals surface area (Å²) in [5.41, 5.74) is 0.218. The van der Waals surface area contributed by atoms with E-state index in [1.54, 1.807) is 6.20 Å². The van der Waals surface area contributed by atoms with Crippen LogP contribution >= 0.6 is 0 Å². The van der Waals surface area contributed by atoms with Gasteiger partial charge in [-0.25, -0.2) is 0 Å². The van der Waals surface area contributed by atoms with Crippen LogP contribution in [0.3, 0.4) is 0 Å². The second-order valence-corrected chi connectivity index (χ2v) is 6.57. The largest absolute Gasteiger partial charge is 0.489 e. The van der Waals surface area contributed by atoms with Gasteiger partial charge >= 0.3 is 7.12 Å². The SMILES string of the molecule is CC(C)Oc1ccc(/C=C/B2OC(C)(C)C(C)(C)O2)nc1. The number of rotatable bonds is 4. The molecule has 0 radical (unpaired) electrons. The van der Waals surface area contributed by atoms with E-state index in [2.05, 4.69) is 4.98 Å². The smallest absolute Gasteiger partial charge is 0.487 e. The van der Waals surface area contributed by atoms with Crippen molar-refractivity contribution in [2.75, 3.05) is 0 Å². The Morgan fingerprint density at radius 2 is 1.76 bits per heavy atom. The number of hydrogen-bond acceptors (Lipinski definition) is 4. The molecule has 0 saturated carbocycles. The maximum atomic E-state index is 5.90. The molecule has 21 heavy (non-hydrogen) atoms. The van der Waals surface area contributed by atoms with E-state index in [0.717, 1.165) is 11.4 Å². The summed E-state index contributed by atoms with van der Waals surface area (Å²) in [6.45, 7) is 12.1. The summed E-state index contributed by atoms with van der Waals surface area (Å²) in [5, 5.41) is 0. The van der Waals surface area contributed by atoms with Crippen molar-refractivity contribution in [2.24, 2.45) is 0 Å². The minimum absolute atomic E-state index is 0.151. The molecule has 0 atom stereocenters. The molecule has 0 aromatic carbocycles. The fourth-order valence-corrected chi connectivity index (χ4v) is 1.98. The maximum Gasteiger partial charge on any atom is 0.487 e. The molecule has 1 aromatic heterocycles. The Balaban J connectivity index is 1.99. The fourth-order valence-electron chi connectivity index (χ4n) is 1.98. The Bertz CT molecular complexity index is 493. The van der Waals surface area contributed by atoms with Crippen molar-refractivity contribution < 1.29 is 14.0 Å². The summed E-state index contributed by atoms with van der Waals surface area (Å²) >= 11 is 0. The molecule has 1 saturated heterocycles. The summed E-state index contributed by atoms with van der Waals surface area (Å²) in [6, 6.07) is 3.83. The number of hydrogen-bond donors (Lipinski definition) is 0. The van der Waals surface area contributed by atoms with Crippen LogP contribution in [0.2, 0.25) is 0 Å². The predicted octanol–water partition coefficient (Wildman–Crippen LogP) is 3.51. The monoisotopic (exact) mass is 289 g/mol. The van der Waals surface area contributed by atoms with Gasteiger partial charge in [-0.05, 0) is 59.8 Å².